The number of fused-ring (bicyclic) bond motifs is 3. The van der Waals surface area contributed by atoms with Gasteiger partial charge in [-0.15, -0.1) is 0 Å². The van der Waals surface area contributed by atoms with Crippen LogP contribution in [0.15, 0.2) is 200 Å². The van der Waals surface area contributed by atoms with Crippen LogP contribution in [-0.2, 0) is 0 Å². The molecule has 0 unspecified atom stereocenters. The zero-order valence-electron chi connectivity index (χ0n) is 29.8. The van der Waals surface area contributed by atoms with Crippen LogP contribution < -0.4 is 0 Å². The van der Waals surface area contributed by atoms with Gasteiger partial charge >= 0.3 is 0 Å². The number of hydrogen-bond acceptors (Lipinski definition) is 4. The van der Waals surface area contributed by atoms with Gasteiger partial charge in [0.1, 0.15) is 5.69 Å². The Morgan fingerprint density at radius 1 is 0.345 bits per heavy atom. The SMILES string of the molecule is c1ccc(-c2nc(-c3ccccc3)nc(-c3ccc(-c4ccc5cc(-c6ccccc6)c6c(-c7ccccc7)nn(-c7ccccc7)c6c5c4)cc3)n2)cc1. The standard InChI is InChI=1S/C50H33N5/c1-6-16-35(17-7-1)43-33-41-31-30-40(32-44(41)47-45(43)46(36-18-8-2-9-19-36)54-55(47)42-24-14-5-15-25-42)34-26-28-39(29-27-34)50-52-48(37-20-10-3-11-21-37)51-49(53-50)38-22-12-4-13-23-38/h1-33H. The van der Waals surface area contributed by atoms with E-state index in [1.54, 1.807) is 0 Å². The number of benzene rings is 8. The maximum Gasteiger partial charge on any atom is 0.164 e. The maximum absolute atomic E-state index is 5.37. The molecule has 0 fully saturated rings. The molecule has 0 aliphatic carbocycles. The average molecular weight is 704 g/mol. The predicted octanol–water partition coefficient (Wildman–Crippen LogP) is 12.4. The average Bonchev–Trinajstić information content (AvgIpc) is 3.69. The summed E-state index contributed by atoms with van der Waals surface area (Å²) in [6.07, 6.45) is 0. The Kier molecular flexibility index (Phi) is 8.08. The predicted molar refractivity (Wildman–Crippen MR) is 225 cm³/mol. The summed E-state index contributed by atoms with van der Waals surface area (Å²) in [5.41, 5.74) is 11.5. The first kappa shape index (κ1) is 32.2. The van der Waals surface area contributed by atoms with Gasteiger partial charge in [0, 0.05) is 33.0 Å². The molecule has 2 heterocycles. The molecule has 0 spiro atoms. The fourth-order valence-corrected chi connectivity index (χ4v) is 7.37. The molecule has 258 valence electrons. The van der Waals surface area contributed by atoms with Crippen LogP contribution in [0.3, 0.4) is 0 Å². The van der Waals surface area contributed by atoms with Crippen LogP contribution in [0.1, 0.15) is 0 Å². The van der Waals surface area contributed by atoms with E-state index in [4.69, 9.17) is 20.1 Å². The van der Waals surface area contributed by atoms with Gasteiger partial charge in [-0.25, -0.2) is 19.6 Å². The lowest BCUT2D eigenvalue weighted by atomic mass is 9.92. The molecular formula is C50H33N5. The van der Waals surface area contributed by atoms with Crippen molar-refractivity contribution in [3.63, 3.8) is 0 Å². The molecule has 0 saturated heterocycles. The van der Waals surface area contributed by atoms with Gasteiger partial charge in [0.25, 0.3) is 0 Å². The van der Waals surface area contributed by atoms with Gasteiger partial charge in [0.15, 0.2) is 17.5 Å². The Hall–Kier alpha value is -7.50. The minimum atomic E-state index is 0.633. The normalized spacial score (nSPS) is 11.3. The Balaban J connectivity index is 1.14. The molecule has 8 aromatic carbocycles. The highest BCUT2D eigenvalue weighted by Gasteiger charge is 2.21. The Morgan fingerprint density at radius 3 is 1.33 bits per heavy atom. The highest BCUT2D eigenvalue weighted by molar-refractivity contribution is 6.17. The summed E-state index contributed by atoms with van der Waals surface area (Å²) in [5, 5.41) is 8.77. The molecule has 10 rings (SSSR count). The van der Waals surface area contributed by atoms with Crippen molar-refractivity contribution >= 4 is 21.7 Å². The van der Waals surface area contributed by atoms with Crippen molar-refractivity contribution in [2.24, 2.45) is 0 Å². The molecule has 0 N–H and O–H groups in total. The second-order valence-electron chi connectivity index (χ2n) is 13.5. The van der Waals surface area contributed by atoms with Gasteiger partial charge in [0.05, 0.1) is 11.2 Å². The van der Waals surface area contributed by atoms with E-state index in [-0.39, 0.29) is 0 Å². The summed E-state index contributed by atoms with van der Waals surface area (Å²) < 4.78 is 2.12. The Bertz CT molecular complexity index is 2870. The van der Waals surface area contributed by atoms with E-state index in [0.717, 1.165) is 77.6 Å². The lowest BCUT2D eigenvalue weighted by molar-refractivity contribution is 0.918. The molecule has 0 atom stereocenters. The molecule has 0 amide bonds. The smallest absolute Gasteiger partial charge is 0.164 e. The quantitative estimate of drug-likeness (QED) is 0.166. The summed E-state index contributed by atoms with van der Waals surface area (Å²) in [6.45, 7) is 0. The lowest BCUT2D eigenvalue weighted by Crippen LogP contribution is -2.00. The van der Waals surface area contributed by atoms with Crippen molar-refractivity contribution < 1.29 is 0 Å². The van der Waals surface area contributed by atoms with Gasteiger partial charge in [-0.05, 0) is 51.9 Å². The first-order valence-electron chi connectivity index (χ1n) is 18.4. The minimum Gasteiger partial charge on any atom is -0.232 e. The van der Waals surface area contributed by atoms with Crippen molar-refractivity contribution in [2.75, 3.05) is 0 Å². The van der Waals surface area contributed by atoms with Gasteiger partial charge in [0.2, 0.25) is 0 Å². The van der Waals surface area contributed by atoms with Gasteiger partial charge in [-0.1, -0.05) is 176 Å². The molecule has 0 aliphatic heterocycles. The Morgan fingerprint density at radius 2 is 0.782 bits per heavy atom. The van der Waals surface area contributed by atoms with Crippen molar-refractivity contribution in [3.05, 3.63) is 200 Å². The molecule has 0 saturated carbocycles. The zero-order chi connectivity index (χ0) is 36.6. The van der Waals surface area contributed by atoms with Crippen LogP contribution in [0.4, 0.5) is 0 Å². The van der Waals surface area contributed by atoms with Crippen LogP contribution in [0.5, 0.6) is 0 Å². The first-order chi connectivity index (χ1) is 27.3. The summed E-state index contributed by atoms with van der Waals surface area (Å²) in [4.78, 5) is 14.8. The molecule has 2 aromatic heterocycles. The first-order valence-corrected chi connectivity index (χ1v) is 18.4. The highest BCUT2D eigenvalue weighted by atomic mass is 15.3. The van der Waals surface area contributed by atoms with Gasteiger partial charge in [-0.3, -0.25) is 0 Å². The van der Waals surface area contributed by atoms with E-state index in [1.807, 2.05) is 66.7 Å². The largest absolute Gasteiger partial charge is 0.232 e. The van der Waals surface area contributed by atoms with E-state index in [2.05, 4.69) is 138 Å². The van der Waals surface area contributed by atoms with Gasteiger partial charge in [-0.2, -0.15) is 5.10 Å². The summed E-state index contributed by atoms with van der Waals surface area (Å²) in [5.74, 6) is 1.92. The molecular weight excluding hydrogens is 671 g/mol. The van der Waals surface area contributed by atoms with Crippen molar-refractivity contribution in [3.8, 4) is 73.4 Å². The second-order valence-corrected chi connectivity index (χ2v) is 13.5. The maximum atomic E-state index is 5.37. The topological polar surface area (TPSA) is 56.5 Å². The zero-order valence-corrected chi connectivity index (χ0v) is 29.8. The van der Waals surface area contributed by atoms with E-state index in [1.165, 1.54) is 0 Å². The Labute approximate surface area is 318 Å². The van der Waals surface area contributed by atoms with E-state index in [9.17, 15) is 0 Å². The minimum absolute atomic E-state index is 0.633. The third kappa shape index (κ3) is 6.04. The van der Waals surface area contributed by atoms with Crippen molar-refractivity contribution in [1.29, 1.82) is 0 Å². The fourth-order valence-electron chi connectivity index (χ4n) is 7.37. The summed E-state index contributed by atoms with van der Waals surface area (Å²) >= 11 is 0. The number of aromatic nitrogens is 5. The molecule has 55 heavy (non-hydrogen) atoms. The van der Waals surface area contributed by atoms with Crippen LogP contribution in [0, 0.1) is 0 Å². The molecule has 10 aromatic rings. The highest BCUT2D eigenvalue weighted by Crippen LogP contribution is 2.42. The van der Waals surface area contributed by atoms with Crippen molar-refractivity contribution in [2.45, 2.75) is 0 Å². The van der Waals surface area contributed by atoms with Crippen LogP contribution in [0.25, 0.3) is 95.0 Å². The summed E-state index contributed by atoms with van der Waals surface area (Å²) in [7, 11) is 0. The number of nitrogens with zero attached hydrogens (tertiary/aromatic N) is 5. The second kappa shape index (κ2) is 13.8. The summed E-state index contributed by atoms with van der Waals surface area (Å²) in [6, 6.07) is 69.3. The lowest BCUT2D eigenvalue weighted by Gasteiger charge is -2.13. The van der Waals surface area contributed by atoms with E-state index < -0.39 is 0 Å². The molecule has 5 nitrogen and oxygen atoms in total. The van der Waals surface area contributed by atoms with E-state index in [0.29, 0.717) is 17.5 Å². The van der Waals surface area contributed by atoms with Crippen LogP contribution in [0.2, 0.25) is 0 Å². The van der Waals surface area contributed by atoms with Gasteiger partial charge < -0.3 is 0 Å². The molecule has 5 heteroatoms. The van der Waals surface area contributed by atoms with E-state index >= 15 is 0 Å². The van der Waals surface area contributed by atoms with Crippen molar-refractivity contribution in [1.82, 2.24) is 24.7 Å². The van der Waals surface area contributed by atoms with Crippen LogP contribution in [-0.4, -0.2) is 24.7 Å². The fraction of sp³-hybridized carbons (Fsp3) is 0. The van der Waals surface area contributed by atoms with Crippen LogP contribution >= 0.6 is 0 Å². The third-order valence-electron chi connectivity index (χ3n) is 10.1. The molecule has 0 bridgehead atoms. The number of rotatable bonds is 7. The number of para-hydroxylation sites is 1. The molecule has 0 radical (unpaired) electrons. The number of hydrogen-bond donors (Lipinski definition) is 0. The third-order valence-corrected chi connectivity index (χ3v) is 10.1. The molecule has 0 aliphatic rings. The monoisotopic (exact) mass is 703 g/mol.